The Bertz CT molecular complexity index is 273. The number of unbranched alkanes of at least 4 members (excludes halogenated alkanes) is 11. The molecule has 0 fully saturated rings. The van der Waals surface area contributed by atoms with E-state index in [9.17, 15) is 0 Å². The second-order valence-corrected chi connectivity index (χ2v) is 11.2. The molecule has 28 heavy (non-hydrogen) atoms. The van der Waals surface area contributed by atoms with Gasteiger partial charge in [-0.15, -0.1) is 11.6 Å². The van der Waals surface area contributed by atoms with Crippen LogP contribution in [0, 0.1) is 0 Å². The average molecular weight is 440 g/mol. The number of rotatable bonds is 19. The maximum atomic E-state index is 5.62. The van der Waals surface area contributed by atoms with Gasteiger partial charge in [0.1, 0.15) is 0 Å². The van der Waals surface area contributed by atoms with Crippen molar-refractivity contribution in [2.24, 2.45) is 0 Å². The molecule has 0 heterocycles. The lowest BCUT2D eigenvalue weighted by atomic mass is 10.1. The van der Waals surface area contributed by atoms with Crippen LogP contribution in [0.5, 0.6) is 0 Å². The van der Waals surface area contributed by atoms with Crippen molar-refractivity contribution in [3.05, 3.63) is 0 Å². The van der Waals surface area contributed by atoms with Crippen molar-refractivity contribution in [1.82, 2.24) is 4.90 Å². The molecule has 0 amide bonds. The van der Waals surface area contributed by atoms with Crippen LogP contribution in [0.2, 0.25) is 6.04 Å². The van der Waals surface area contributed by atoms with Crippen LogP contribution in [0.25, 0.3) is 0 Å². The van der Waals surface area contributed by atoms with E-state index < -0.39 is 8.80 Å². The van der Waals surface area contributed by atoms with Crippen LogP contribution >= 0.6 is 11.6 Å². The molecule has 0 radical (unpaired) electrons. The van der Waals surface area contributed by atoms with Crippen LogP contribution in [0.3, 0.4) is 0 Å². The molecule has 6 heteroatoms. The van der Waals surface area contributed by atoms with E-state index in [1.54, 1.807) is 21.3 Å². The van der Waals surface area contributed by atoms with Crippen LogP contribution in [-0.2, 0) is 13.3 Å². The molecule has 0 atom stereocenters. The Hall–Kier alpha value is 0.347. The van der Waals surface area contributed by atoms with Crippen molar-refractivity contribution >= 4 is 20.4 Å². The Labute approximate surface area is 183 Å². The molecule has 0 aliphatic carbocycles. The van der Waals surface area contributed by atoms with Gasteiger partial charge in [0, 0.05) is 33.3 Å². The van der Waals surface area contributed by atoms with E-state index in [1.165, 1.54) is 77.0 Å². The summed E-state index contributed by atoms with van der Waals surface area (Å²) in [7, 11) is 6.73. The van der Waals surface area contributed by atoms with Gasteiger partial charge in [-0.2, -0.15) is 0 Å². The largest absolute Gasteiger partial charge is 0.500 e. The summed E-state index contributed by atoms with van der Waals surface area (Å²) in [6.07, 6.45) is 17.9. The molecule has 0 aliphatic rings. The first-order valence-corrected chi connectivity index (χ1v) is 13.8. The Kier molecular flexibility index (Phi) is 25.8. The summed E-state index contributed by atoms with van der Waals surface area (Å²) in [6.45, 7) is 3.31. The molecule has 0 aromatic heterocycles. The lowest BCUT2D eigenvalue weighted by Crippen LogP contribution is -2.43. The highest BCUT2D eigenvalue weighted by Crippen LogP contribution is 2.15. The third-order valence-electron chi connectivity index (χ3n) is 5.01. The molecule has 0 spiro atoms. The van der Waals surface area contributed by atoms with Gasteiger partial charge in [0.05, 0.1) is 0 Å². The summed E-state index contributed by atoms with van der Waals surface area (Å²) in [5.41, 5.74) is 0. The van der Waals surface area contributed by atoms with E-state index in [0.29, 0.717) is 0 Å². The van der Waals surface area contributed by atoms with E-state index >= 15 is 0 Å². The average Bonchev–Trinajstić information content (AvgIpc) is 2.70. The van der Waals surface area contributed by atoms with Gasteiger partial charge in [-0.1, -0.05) is 77.6 Å². The van der Waals surface area contributed by atoms with E-state index in [2.05, 4.69) is 25.9 Å². The van der Waals surface area contributed by atoms with Gasteiger partial charge in [0.15, 0.2) is 0 Å². The van der Waals surface area contributed by atoms with Crippen molar-refractivity contribution in [2.75, 3.05) is 47.8 Å². The van der Waals surface area contributed by atoms with E-state index in [0.717, 1.165) is 24.9 Å². The highest BCUT2D eigenvalue weighted by Gasteiger charge is 2.36. The summed E-state index contributed by atoms with van der Waals surface area (Å²) >= 11 is 5.62. The highest BCUT2D eigenvalue weighted by atomic mass is 35.5. The van der Waals surface area contributed by atoms with Gasteiger partial charge in [0.25, 0.3) is 0 Å². The molecule has 0 bridgehead atoms. The number of halogens is 1. The van der Waals surface area contributed by atoms with E-state index in [-0.39, 0.29) is 0 Å². The molecule has 0 rings (SSSR count). The van der Waals surface area contributed by atoms with Gasteiger partial charge in [-0.25, -0.2) is 0 Å². The molecule has 4 nitrogen and oxygen atoms in total. The second-order valence-electron chi connectivity index (χ2n) is 7.78. The summed E-state index contributed by atoms with van der Waals surface area (Å²) in [5.74, 6) is 0.845. The SMILES string of the molecule is CCCCCCCCCCCCCCCl.CO[Si](CCCN(C)C)(OC)OC. The molecular formula is C22H50ClNO3Si. The fourth-order valence-corrected chi connectivity index (χ4v) is 5.00. The summed E-state index contributed by atoms with van der Waals surface area (Å²) in [4.78, 5) is 2.14. The van der Waals surface area contributed by atoms with Crippen molar-refractivity contribution in [1.29, 1.82) is 0 Å². The van der Waals surface area contributed by atoms with Gasteiger partial charge in [0.2, 0.25) is 0 Å². The van der Waals surface area contributed by atoms with Crippen molar-refractivity contribution in [3.8, 4) is 0 Å². The predicted molar refractivity (Wildman–Crippen MR) is 127 cm³/mol. The number of hydrogen-bond donors (Lipinski definition) is 0. The Morgan fingerprint density at radius 1 is 0.643 bits per heavy atom. The first-order chi connectivity index (χ1) is 13.5. The fourth-order valence-electron chi connectivity index (χ4n) is 3.10. The van der Waals surface area contributed by atoms with Gasteiger partial charge in [-0.05, 0) is 33.5 Å². The van der Waals surface area contributed by atoms with E-state index in [1.807, 2.05) is 0 Å². The minimum Gasteiger partial charge on any atom is -0.377 e. The molecule has 0 aliphatic heterocycles. The third kappa shape index (κ3) is 21.1. The number of alkyl halides is 1. The quantitative estimate of drug-likeness (QED) is 0.126. The van der Waals surface area contributed by atoms with Crippen LogP contribution in [0.4, 0.5) is 0 Å². The van der Waals surface area contributed by atoms with Gasteiger partial charge in [-0.3, -0.25) is 0 Å². The van der Waals surface area contributed by atoms with Gasteiger partial charge < -0.3 is 18.2 Å². The van der Waals surface area contributed by atoms with Crippen LogP contribution < -0.4 is 0 Å². The lowest BCUT2D eigenvalue weighted by molar-refractivity contribution is 0.122. The molecule has 0 saturated heterocycles. The Morgan fingerprint density at radius 2 is 1.04 bits per heavy atom. The molecule has 0 saturated carbocycles. The maximum absolute atomic E-state index is 5.62. The topological polar surface area (TPSA) is 30.9 Å². The minimum atomic E-state index is -2.31. The summed E-state index contributed by atoms with van der Waals surface area (Å²) in [5, 5.41) is 0. The molecular weight excluding hydrogens is 390 g/mol. The van der Waals surface area contributed by atoms with E-state index in [4.69, 9.17) is 24.9 Å². The van der Waals surface area contributed by atoms with Crippen molar-refractivity contribution < 1.29 is 13.3 Å². The first-order valence-electron chi connectivity index (χ1n) is 11.4. The zero-order valence-corrected chi connectivity index (χ0v) is 21.6. The Morgan fingerprint density at radius 3 is 1.36 bits per heavy atom. The lowest BCUT2D eigenvalue weighted by Gasteiger charge is -2.24. The minimum absolute atomic E-state index is 0.845. The fraction of sp³-hybridized carbons (Fsp3) is 1.00. The third-order valence-corrected chi connectivity index (χ3v) is 8.11. The predicted octanol–water partition coefficient (Wildman–Crippen LogP) is 6.74. The Balaban J connectivity index is 0. The monoisotopic (exact) mass is 439 g/mol. The van der Waals surface area contributed by atoms with Crippen molar-refractivity contribution in [2.45, 2.75) is 96.4 Å². The zero-order chi connectivity index (χ0) is 21.5. The highest BCUT2D eigenvalue weighted by molar-refractivity contribution is 6.60. The molecule has 0 aromatic carbocycles. The molecule has 0 N–H and O–H groups in total. The number of nitrogens with zero attached hydrogens (tertiary/aromatic N) is 1. The summed E-state index contributed by atoms with van der Waals surface area (Å²) < 4.78 is 15.9. The molecule has 0 aromatic rings. The van der Waals surface area contributed by atoms with Crippen molar-refractivity contribution in [3.63, 3.8) is 0 Å². The first kappa shape index (κ1) is 30.5. The maximum Gasteiger partial charge on any atom is 0.500 e. The van der Waals surface area contributed by atoms with Crippen LogP contribution in [0.1, 0.15) is 90.4 Å². The van der Waals surface area contributed by atoms with Gasteiger partial charge >= 0.3 is 8.80 Å². The summed E-state index contributed by atoms with van der Waals surface area (Å²) in [6, 6.07) is 0.870. The normalized spacial score (nSPS) is 11.6. The zero-order valence-electron chi connectivity index (χ0n) is 19.9. The van der Waals surface area contributed by atoms with Crippen LogP contribution in [-0.4, -0.2) is 61.6 Å². The second kappa shape index (κ2) is 23.6. The molecule has 172 valence electrons. The standard InChI is InChI=1S/C14H29Cl.C8H21NO3Si/c1-2-3-4-5-6-7-8-9-10-11-12-13-14-15;1-9(2)7-6-8-13(10-3,11-4)12-5/h2-14H2,1H3;6-8H2,1-5H3. The number of hydrogen-bond acceptors (Lipinski definition) is 4. The van der Waals surface area contributed by atoms with Crippen LogP contribution in [0.15, 0.2) is 0 Å². The smallest absolute Gasteiger partial charge is 0.377 e. The molecule has 0 unspecified atom stereocenters.